The Kier molecular flexibility index (Phi) is 2.03. The van der Waals surface area contributed by atoms with Gasteiger partial charge in [-0.05, 0) is 19.3 Å². The van der Waals surface area contributed by atoms with Crippen molar-refractivity contribution in [2.75, 3.05) is 0 Å². The lowest BCUT2D eigenvalue weighted by Gasteiger charge is -1.87. The molecule has 0 aromatic carbocycles. The van der Waals surface area contributed by atoms with E-state index in [4.69, 9.17) is 11.6 Å². The molecule has 1 aliphatic carbocycles. The zero-order valence-electron chi connectivity index (χ0n) is 5.71. The van der Waals surface area contributed by atoms with Gasteiger partial charge in [0.25, 0.3) is 0 Å². The van der Waals surface area contributed by atoms with Crippen LogP contribution in [0, 0.1) is 11.8 Å². The summed E-state index contributed by atoms with van der Waals surface area (Å²) in [6.45, 7) is 2.13. The van der Waals surface area contributed by atoms with Crippen LogP contribution in [0.1, 0.15) is 32.6 Å². The van der Waals surface area contributed by atoms with E-state index >= 15 is 0 Å². The zero-order valence-corrected chi connectivity index (χ0v) is 6.46. The molecule has 0 bridgehead atoms. The van der Waals surface area contributed by atoms with Gasteiger partial charge in [-0.2, -0.15) is 0 Å². The monoisotopic (exact) mass is 142 g/mol. The second-order valence-electron chi connectivity index (χ2n) is 2.52. The first kappa shape index (κ1) is 6.96. The molecule has 1 heteroatoms. The zero-order chi connectivity index (χ0) is 6.74. The Balaban J connectivity index is 2.24. The van der Waals surface area contributed by atoms with Gasteiger partial charge in [0.1, 0.15) is 4.87 Å². The minimum atomic E-state index is -0.0881. The van der Waals surface area contributed by atoms with Gasteiger partial charge in [0.15, 0.2) is 0 Å². The maximum Gasteiger partial charge on any atom is 0.105 e. The summed E-state index contributed by atoms with van der Waals surface area (Å²) in [5.41, 5.74) is 0. The largest absolute Gasteiger partial charge is 0.105 e. The van der Waals surface area contributed by atoms with E-state index in [1.807, 2.05) is 0 Å². The highest BCUT2D eigenvalue weighted by Gasteiger charge is 2.38. The molecule has 0 unspecified atom stereocenters. The van der Waals surface area contributed by atoms with Crippen molar-refractivity contribution in [3.63, 3.8) is 0 Å². The molecule has 0 amide bonds. The molecule has 0 spiro atoms. The summed E-state index contributed by atoms with van der Waals surface area (Å²) < 4.78 is 0. The quantitative estimate of drug-likeness (QED) is 0.390. The molecular weight excluding hydrogens is 132 g/mol. The fourth-order valence-electron chi connectivity index (χ4n) is 0.581. The predicted molar refractivity (Wildman–Crippen MR) is 40.5 cm³/mol. The molecule has 9 heavy (non-hydrogen) atoms. The van der Waals surface area contributed by atoms with Crippen LogP contribution in [0.25, 0.3) is 0 Å². The van der Waals surface area contributed by atoms with Gasteiger partial charge < -0.3 is 0 Å². The van der Waals surface area contributed by atoms with Gasteiger partial charge in [-0.3, -0.25) is 0 Å². The number of alkyl halides is 1. The van der Waals surface area contributed by atoms with E-state index in [1.165, 1.54) is 0 Å². The molecule has 0 heterocycles. The molecule has 1 fully saturated rings. The highest BCUT2D eigenvalue weighted by molar-refractivity contribution is 6.28. The highest BCUT2D eigenvalue weighted by Crippen LogP contribution is 2.41. The third-order valence-corrected chi connectivity index (χ3v) is 1.85. The minimum Gasteiger partial charge on any atom is -0.105 e. The van der Waals surface area contributed by atoms with E-state index in [0.717, 1.165) is 25.7 Å². The van der Waals surface area contributed by atoms with E-state index in [0.29, 0.717) is 0 Å². The molecule has 0 aromatic heterocycles. The van der Waals surface area contributed by atoms with E-state index in [9.17, 15) is 0 Å². The van der Waals surface area contributed by atoms with Crippen molar-refractivity contribution in [3.8, 4) is 11.8 Å². The Labute approximate surface area is 61.6 Å². The van der Waals surface area contributed by atoms with Crippen molar-refractivity contribution < 1.29 is 0 Å². The van der Waals surface area contributed by atoms with E-state index in [2.05, 4.69) is 18.8 Å². The van der Waals surface area contributed by atoms with E-state index in [1.54, 1.807) is 0 Å². The number of rotatable bonds is 1. The number of halogens is 1. The molecule has 1 aliphatic rings. The van der Waals surface area contributed by atoms with Crippen LogP contribution >= 0.6 is 11.6 Å². The Morgan fingerprint density at radius 1 is 1.56 bits per heavy atom. The van der Waals surface area contributed by atoms with Gasteiger partial charge in [0.2, 0.25) is 0 Å². The lowest BCUT2D eigenvalue weighted by Crippen LogP contribution is -1.88. The van der Waals surface area contributed by atoms with Gasteiger partial charge in [0.05, 0.1) is 0 Å². The smallest absolute Gasteiger partial charge is 0.105 e. The van der Waals surface area contributed by atoms with Crippen molar-refractivity contribution in [1.82, 2.24) is 0 Å². The summed E-state index contributed by atoms with van der Waals surface area (Å²) in [6.07, 6.45) is 4.31. The van der Waals surface area contributed by atoms with Crippen LogP contribution < -0.4 is 0 Å². The molecule has 1 rings (SSSR count). The molecule has 1 saturated carbocycles. The van der Waals surface area contributed by atoms with Crippen LogP contribution in [0.15, 0.2) is 0 Å². The molecule has 0 N–H and O–H groups in total. The maximum absolute atomic E-state index is 5.91. The molecule has 0 radical (unpaired) electrons. The normalized spacial score (nSPS) is 20.2. The van der Waals surface area contributed by atoms with Crippen molar-refractivity contribution in [2.45, 2.75) is 37.5 Å². The summed E-state index contributed by atoms with van der Waals surface area (Å²) in [7, 11) is 0. The predicted octanol–water partition coefficient (Wildman–Crippen LogP) is 2.56. The standard InChI is InChI=1S/C8H11Cl/c1-2-3-4-5-8(9)6-7-8/h2-3,6-7H2,1H3. The Bertz CT molecular complexity index is 146. The summed E-state index contributed by atoms with van der Waals surface area (Å²) in [5, 5.41) is 0. The molecule has 0 atom stereocenters. The van der Waals surface area contributed by atoms with Crippen LogP contribution in [0.3, 0.4) is 0 Å². The van der Waals surface area contributed by atoms with Crippen molar-refractivity contribution in [1.29, 1.82) is 0 Å². The van der Waals surface area contributed by atoms with Gasteiger partial charge in [0, 0.05) is 6.42 Å². The second-order valence-corrected chi connectivity index (χ2v) is 3.24. The second kappa shape index (κ2) is 2.62. The first-order chi connectivity index (χ1) is 4.27. The van der Waals surface area contributed by atoms with E-state index in [-0.39, 0.29) is 4.87 Å². The summed E-state index contributed by atoms with van der Waals surface area (Å²) in [6, 6.07) is 0. The summed E-state index contributed by atoms with van der Waals surface area (Å²) >= 11 is 5.91. The lowest BCUT2D eigenvalue weighted by atomic mass is 10.3. The fourth-order valence-corrected chi connectivity index (χ4v) is 0.742. The SMILES string of the molecule is CCCC#CC1(Cl)CC1. The lowest BCUT2D eigenvalue weighted by molar-refractivity contribution is 0.980. The Hall–Kier alpha value is -0.150. The highest BCUT2D eigenvalue weighted by atomic mass is 35.5. The van der Waals surface area contributed by atoms with Crippen molar-refractivity contribution >= 4 is 11.6 Å². The van der Waals surface area contributed by atoms with Gasteiger partial charge in [-0.1, -0.05) is 12.8 Å². The summed E-state index contributed by atoms with van der Waals surface area (Å²) in [5.74, 6) is 6.10. The average molecular weight is 143 g/mol. The van der Waals surface area contributed by atoms with Crippen LogP contribution in [0.2, 0.25) is 0 Å². The van der Waals surface area contributed by atoms with E-state index < -0.39 is 0 Å². The topological polar surface area (TPSA) is 0 Å². The molecule has 0 nitrogen and oxygen atoms in total. The molecule has 0 aromatic rings. The molecule has 0 saturated heterocycles. The number of hydrogen-bond donors (Lipinski definition) is 0. The molecular formula is C8H11Cl. The average Bonchev–Trinajstić information content (AvgIpc) is 2.50. The van der Waals surface area contributed by atoms with Crippen molar-refractivity contribution in [2.24, 2.45) is 0 Å². The third kappa shape index (κ3) is 2.28. The Morgan fingerprint density at radius 3 is 2.67 bits per heavy atom. The van der Waals surface area contributed by atoms with Crippen LogP contribution in [-0.4, -0.2) is 4.87 Å². The summed E-state index contributed by atoms with van der Waals surface area (Å²) in [4.78, 5) is -0.0881. The number of unbranched alkanes of at least 4 members (excludes halogenated alkanes) is 1. The first-order valence-corrected chi connectivity index (χ1v) is 3.83. The fraction of sp³-hybridized carbons (Fsp3) is 0.750. The van der Waals surface area contributed by atoms with Gasteiger partial charge >= 0.3 is 0 Å². The minimum absolute atomic E-state index is 0.0881. The van der Waals surface area contributed by atoms with Gasteiger partial charge in [-0.15, -0.1) is 17.5 Å². The van der Waals surface area contributed by atoms with Crippen LogP contribution in [0.5, 0.6) is 0 Å². The third-order valence-electron chi connectivity index (χ3n) is 1.38. The first-order valence-electron chi connectivity index (χ1n) is 3.46. The molecule has 50 valence electrons. The molecule has 0 aliphatic heterocycles. The Morgan fingerprint density at radius 2 is 2.22 bits per heavy atom. The number of hydrogen-bond acceptors (Lipinski definition) is 0. The van der Waals surface area contributed by atoms with Crippen LogP contribution in [0.4, 0.5) is 0 Å². The van der Waals surface area contributed by atoms with Crippen molar-refractivity contribution in [3.05, 3.63) is 0 Å². The maximum atomic E-state index is 5.91. The van der Waals surface area contributed by atoms with Gasteiger partial charge in [-0.25, -0.2) is 0 Å². The van der Waals surface area contributed by atoms with Crippen LogP contribution in [-0.2, 0) is 0 Å².